The molecule has 1 aromatic carbocycles. The summed E-state index contributed by atoms with van der Waals surface area (Å²) in [5.41, 5.74) is 6.78. The van der Waals surface area contributed by atoms with Gasteiger partial charge in [-0.2, -0.15) is 0 Å². The maximum atomic E-state index is 11.9. The third-order valence-corrected chi connectivity index (χ3v) is 2.48. The number of halogens is 3. The van der Waals surface area contributed by atoms with Crippen molar-refractivity contribution < 1.29 is 17.9 Å². The molecule has 96 valence electrons. The van der Waals surface area contributed by atoms with Gasteiger partial charge in [0.15, 0.2) is 0 Å². The number of rotatable bonds is 4. The Morgan fingerprint density at radius 3 is 2.12 bits per heavy atom. The average molecular weight is 247 g/mol. The summed E-state index contributed by atoms with van der Waals surface area (Å²) in [7, 11) is 0. The Bertz CT molecular complexity index is 346. The maximum absolute atomic E-state index is 11.9. The predicted octanol–water partition coefficient (Wildman–Crippen LogP) is 3.11. The molecule has 1 atom stereocenters. The lowest BCUT2D eigenvalue weighted by atomic mass is 9.97. The van der Waals surface area contributed by atoms with Crippen molar-refractivity contribution in [1.29, 1.82) is 0 Å². The van der Waals surface area contributed by atoms with Crippen LogP contribution in [0.3, 0.4) is 0 Å². The highest BCUT2D eigenvalue weighted by molar-refractivity contribution is 5.27. The van der Waals surface area contributed by atoms with Crippen LogP contribution in [-0.2, 0) is 6.42 Å². The number of hydrogen-bond donors (Lipinski definition) is 1. The van der Waals surface area contributed by atoms with Crippen molar-refractivity contribution in [3.63, 3.8) is 0 Å². The smallest absolute Gasteiger partial charge is 0.406 e. The zero-order chi connectivity index (χ0) is 13.1. The molecule has 0 aromatic heterocycles. The molecule has 2 N–H and O–H groups in total. The Morgan fingerprint density at radius 1 is 1.18 bits per heavy atom. The Labute approximate surface area is 98.6 Å². The van der Waals surface area contributed by atoms with Gasteiger partial charge in [-0.1, -0.05) is 26.0 Å². The number of ether oxygens (including phenoxy) is 1. The summed E-state index contributed by atoms with van der Waals surface area (Å²) in [6.07, 6.45) is -4.00. The molecule has 0 aliphatic heterocycles. The standard InChI is InChI=1S/C12H16F3NO/c1-8(2)11(16)7-9-3-5-10(6-4-9)17-12(13,14)15/h3-6,8,11H,7,16H2,1-2H3. The zero-order valence-electron chi connectivity index (χ0n) is 9.79. The Balaban J connectivity index is 2.62. The molecule has 0 saturated heterocycles. The summed E-state index contributed by atoms with van der Waals surface area (Å²) >= 11 is 0. The second-order valence-corrected chi connectivity index (χ2v) is 4.30. The molecule has 0 bridgehead atoms. The van der Waals surface area contributed by atoms with Gasteiger partial charge in [-0.05, 0) is 30.0 Å². The van der Waals surface area contributed by atoms with Crippen molar-refractivity contribution >= 4 is 0 Å². The van der Waals surface area contributed by atoms with E-state index in [4.69, 9.17) is 5.73 Å². The molecule has 0 aliphatic rings. The molecule has 17 heavy (non-hydrogen) atoms. The van der Waals surface area contributed by atoms with Gasteiger partial charge in [0.05, 0.1) is 0 Å². The van der Waals surface area contributed by atoms with Gasteiger partial charge in [0.2, 0.25) is 0 Å². The first-order chi connectivity index (χ1) is 7.78. The molecule has 0 radical (unpaired) electrons. The van der Waals surface area contributed by atoms with E-state index in [2.05, 4.69) is 4.74 Å². The van der Waals surface area contributed by atoms with Gasteiger partial charge in [0, 0.05) is 6.04 Å². The Hall–Kier alpha value is -1.23. The predicted molar refractivity (Wildman–Crippen MR) is 59.6 cm³/mol. The lowest BCUT2D eigenvalue weighted by Gasteiger charge is -2.15. The van der Waals surface area contributed by atoms with Gasteiger partial charge in [0.25, 0.3) is 0 Å². The van der Waals surface area contributed by atoms with Crippen molar-refractivity contribution in [3.05, 3.63) is 29.8 Å². The molecule has 0 amide bonds. The van der Waals surface area contributed by atoms with Crippen LogP contribution in [0.1, 0.15) is 19.4 Å². The van der Waals surface area contributed by atoms with E-state index >= 15 is 0 Å². The fourth-order valence-corrected chi connectivity index (χ4v) is 1.34. The fraction of sp³-hybridized carbons (Fsp3) is 0.500. The van der Waals surface area contributed by atoms with Crippen LogP contribution in [0.4, 0.5) is 13.2 Å². The molecule has 0 aliphatic carbocycles. The van der Waals surface area contributed by atoms with Gasteiger partial charge in [0.1, 0.15) is 5.75 Å². The number of benzene rings is 1. The molecule has 1 rings (SSSR count). The van der Waals surface area contributed by atoms with E-state index in [1.165, 1.54) is 12.1 Å². The highest BCUT2D eigenvalue weighted by atomic mass is 19.4. The minimum atomic E-state index is -4.64. The lowest BCUT2D eigenvalue weighted by Crippen LogP contribution is -2.28. The zero-order valence-corrected chi connectivity index (χ0v) is 9.79. The quantitative estimate of drug-likeness (QED) is 0.887. The fourth-order valence-electron chi connectivity index (χ4n) is 1.34. The number of hydrogen-bond acceptors (Lipinski definition) is 2. The molecule has 2 nitrogen and oxygen atoms in total. The highest BCUT2D eigenvalue weighted by Gasteiger charge is 2.30. The summed E-state index contributed by atoms with van der Waals surface area (Å²) in [5, 5.41) is 0. The largest absolute Gasteiger partial charge is 0.573 e. The van der Waals surface area contributed by atoms with Gasteiger partial charge >= 0.3 is 6.36 Å². The van der Waals surface area contributed by atoms with Crippen LogP contribution < -0.4 is 10.5 Å². The summed E-state index contributed by atoms with van der Waals surface area (Å²) in [6.45, 7) is 4.01. The molecule has 0 saturated carbocycles. The molecule has 1 unspecified atom stereocenters. The van der Waals surface area contributed by atoms with E-state index in [-0.39, 0.29) is 11.8 Å². The summed E-state index contributed by atoms with van der Waals surface area (Å²) < 4.78 is 39.5. The molecule has 0 spiro atoms. The monoisotopic (exact) mass is 247 g/mol. The van der Waals surface area contributed by atoms with Gasteiger partial charge in [-0.15, -0.1) is 13.2 Å². The number of alkyl halides is 3. The third kappa shape index (κ3) is 5.08. The molecule has 0 fully saturated rings. The second-order valence-electron chi connectivity index (χ2n) is 4.30. The van der Waals surface area contributed by atoms with Crippen molar-refractivity contribution in [2.24, 2.45) is 11.7 Å². The van der Waals surface area contributed by atoms with Crippen LogP contribution >= 0.6 is 0 Å². The second kappa shape index (κ2) is 5.40. The first-order valence-corrected chi connectivity index (χ1v) is 5.38. The van der Waals surface area contributed by atoms with Crippen LogP contribution in [0.5, 0.6) is 5.75 Å². The van der Waals surface area contributed by atoms with Crippen LogP contribution in [0.15, 0.2) is 24.3 Å². The summed E-state index contributed by atoms with van der Waals surface area (Å²) in [6, 6.07) is 5.81. The lowest BCUT2D eigenvalue weighted by molar-refractivity contribution is -0.274. The summed E-state index contributed by atoms with van der Waals surface area (Å²) in [5.74, 6) is 0.125. The maximum Gasteiger partial charge on any atom is 0.573 e. The number of nitrogens with two attached hydrogens (primary N) is 1. The van der Waals surface area contributed by atoms with Crippen molar-refractivity contribution in [1.82, 2.24) is 0 Å². The average Bonchev–Trinajstić information content (AvgIpc) is 2.18. The van der Waals surface area contributed by atoms with Crippen molar-refractivity contribution in [3.8, 4) is 5.75 Å². The molecule has 5 heteroatoms. The molecule has 0 heterocycles. The minimum Gasteiger partial charge on any atom is -0.406 e. The van der Waals surface area contributed by atoms with Crippen LogP contribution in [0, 0.1) is 5.92 Å². The van der Waals surface area contributed by atoms with E-state index in [9.17, 15) is 13.2 Å². The molecular formula is C12H16F3NO. The summed E-state index contributed by atoms with van der Waals surface area (Å²) in [4.78, 5) is 0. The topological polar surface area (TPSA) is 35.2 Å². The van der Waals surface area contributed by atoms with Crippen LogP contribution in [0.25, 0.3) is 0 Å². The van der Waals surface area contributed by atoms with Gasteiger partial charge in [-0.25, -0.2) is 0 Å². The Morgan fingerprint density at radius 2 is 1.71 bits per heavy atom. The third-order valence-electron chi connectivity index (χ3n) is 2.48. The van der Waals surface area contributed by atoms with Crippen molar-refractivity contribution in [2.75, 3.05) is 0 Å². The first-order valence-electron chi connectivity index (χ1n) is 5.38. The normalized spacial score (nSPS) is 13.8. The molecule has 1 aromatic rings. The highest BCUT2D eigenvalue weighted by Crippen LogP contribution is 2.23. The van der Waals surface area contributed by atoms with E-state index < -0.39 is 6.36 Å². The van der Waals surface area contributed by atoms with Crippen LogP contribution in [-0.4, -0.2) is 12.4 Å². The van der Waals surface area contributed by atoms with Crippen LogP contribution in [0.2, 0.25) is 0 Å². The van der Waals surface area contributed by atoms with E-state index in [0.29, 0.717) is 12.3 Å². The van der Waals surface area contributed by atoms with E-state index in [0.717, 1.165) is 5.56 Å². The van der Waals surface area contributed by atoms with Gasteiger partial charge < -0.3 is 10.5 Å². The molecular weight excluding hydrogens is 231 g/mol. The Kier molecular flexibility index (Phi) is 4.40. The van der Waals surface area contributed by atoms with Gasteiger partial charge in [-0.3, -0.25) is 0 Å². The SMILES string of the molecule is CC(C)C(N)Cc1ccc(OC(F)(F)F)cc1. The minimum absolute atomic E-state index is 0.00406. The van der Waals surface area contributed by atoms with Crippen molar-refractivity contribution in [2.45, 2.75) is 32.7 Å². The van der Waals surface area contributed by atoms with E-state index in [1.807, 2.05) is 13.8 Å². The first kappa shape index (κ1) is 13.8. The van der Waals surface area contributed by atoms with E-state index in [1.54, 1.807) is 12.1 Å².